The maximum atomic E-state index is 12.6. The lowest BCUT2D eigenvalue weighted by Crippen LogP contribution is -2.20. The third-order valence-electron chi connectivity index (χ3n) is 5.19. The number of hydrogen-bond donors (Lipinski definition) is 2. The first-order valence-corrected chi connectivity index (χ1v) is 11.2. The third-order valence-corrected chi connectivity index (χ3v) is 5.45. The molecule has 0 aliphatic heterocycles. The molecule has 0 aromatic heterocycles. The van der Waals surface area contributed by atoms with E-state index in [0.29, 0.717) is 22.1 Å². The second kappa shape index (κ2) is 11.2. The molecule has 0 aliphatic carbocycles. The summed E-state index contributed by atoms with van der Waals surface area (Å²) in [5, 5.41) is 6.00. The van der Waals surface area contributed by atoms with Gasteiger partial charge in [-0.15, -0.1) is 0 Å². The van der Waals surface area contributed by atoms with Gasteiger partial charge in [0.05, 0.1) is 7.11 Å². The molecular formula is C28H23ClN2O4. The van der Waals surface area contributed by atoms with Crippen LogP contribution < -0.4 is 15.4 Å². The van der Waals surface area contributed by atoms with Crippen molar-refractivity contribution < 1.29 is 19.1 Å². The highest BCUT2D eigenvalue weighted by Gasteiger charge is 2.21. The summed E-state index contributed by atoms with van der Waals surface area (Å²) >= 11 is 5.88. The molecule has 4 rings (SSSR count). The molecule has 0 saturated carbocycles. The van der Waals surface area contributed by atoms with E-state index in [4.69, 9.17) is 21.1 Å². The molecule has 0 fully saturated rings. The van der Waals surface area contributed by atoms with Crippen LogP contribution >= 0.6 is 11.6 Å². The third kappa shape index (κ3) is 6.19. The van der Waals surface area contributed by atoms with Crippen LogP contribution in [0.2, 0.25) is 5.02 Å². The number of halogens is 1. The van der Waals surface area contributed by atoms with E-state index in [1.54, 1.807) is 36.4 Å². The number of amides is 2. The Morgan fingerprint density at radius 2 is 1.29 bits per heavy atom. The highest BCUT2D eigenvalue weighted by Crippen LogP contribution is 2.32. The van der Waals surface area contributed by atoms with Crippen LogP contribution in [-0.2, 0) is 4.74 Å². The minimum Gasteiger partial charge on any atom is -0.480 e. The predicted octanol–water partition coefficient (Wildman–Crippen LogP) is 6.94. The van der Waals surface area contributed by atoms with E-state index < -0.39 is 18.1 Å². The van der Waals surface area contributed by atoms with Gasteiger partial charge in [-0.1, -0.05) is 72.3 Å². The van der Waals surface area contributed by atoms with Crippen molar-refractivity contribution in [2.45, 2.75) is 6.10 Å². The number of carbonyl (C=O) groups is 2. The molecule has 7 heteroatoms. The standard InChI is InChI=1S/C28H23ClN2O4/c1-34-27(32)24-18-23(31-28(33)30-22-14-12-21(29)13-15-22)16-17-25(24)35-26(19-8-4-2-5-9-19)20-10-6-3-7-11-20/h2-18,26H,1H3,(H2,30,31,33). The number of methoxy groups -OCH3 is 1. The van der Waals surface area contributed by atoms with Crippen molar-refractivity contribution in [3.63, 3.8) is 0 Å². The number of rotatable bonds is 7. The van der Waals surface area contributed by atoms with Gasteiger partial charge in [0.2, 0.25) is 0 Å². The SMILES string of the molecule is COC(=O)c1cc(NC(=O)Nc2ccc(Cl)cc2)ccc1OC(c1ccccc1)c1ccccc1. The van der Waals surface area contributed by atoms with Gasteiger partial charge >= 0.3 is 12.0 Å². The Morgan fingerprint density at radius 3 is 1.86 bits per heavy atom. The van der Waals surface area contributed by atoms with Crippen molar-refractivity contribution in [2.24, 2.45) is 0 Å². The molecule has 176 valence electrons. The maximum absolute atomic E-state index is 12.6. The lowest BCUT2D eigenvalue weighted by atomic mass is 10.0. The van der Waals surface area contributed by atoms with Crippen LogP contribution in [0.15, 0.2) is 103 Å². The highest BCUT2D eigenvalue weighted by atomic mass is 35.5. The fourth-order valence-corrected chi connectivity index (χ4v) is 3.64. The van der Waals surface area contributed by atoms with Crippen LogP contribution in [0.1, 0.15) is 27.6 Å². The van der Waals surface area contributed by atoms with Crippen molar-refractivity contribution in [2.75, 3.05) is 17.7 Å². The van der Waals surface area contributed by atoms with E-state index in [1.807, 2.05) is 60.7 Å². The zero-order valence-electron chi connectivity index (χ0n) is 18.9. The van der Waals surface area contributed by atoms with Crippen molar-refractivity contribution in [1.29, 1.82) is 0 Å². The minimum absolute atomic E-state index is 0.189. The van der Waals surface area contributed by atoms with Gasteiger partial charge in [-0.2, -0.15) is 0 Å². The Hall–Kier alpha value is -4.29. The molecule has 0 spiro atoms. The topological polar surface area (TPSA) is 76.7 Å². The number of anilines is 2. The summed E-state index contributed by atoms with van der Waals surface area (Å²) in [4.78, 5) is 25.1. The summed E-state index contributed by atoms with van der Waals surface area (Å²) in [5.74, 6) is -0.250. The van der Waals surface area contributed by atoms with Crippen molar-refractivity contribution >= 4 is 35.0 Å². The van der Waals surface area contributed by atoms with E-state index in [0.717, 1.165) is 11.1 Å². The largest absolute Gasteiger partial charge is 0.480 e. The zero-order chi connectivity index (χ0) is 24.6. The molecule has 6 nitrogen and oxygen atoms in total. The summed E-state index contributed by atoms with van der Waals surface area (Å²) in [6.45, 7) is 0. The van der Waals surface area contributed by atoms with Gasteiger partial charge in [0.15, 0.2) is 0 Å². The summed E-state index contributed by atoms with van der Waals surface area (Å²) in [6, 6.07) is 30.5. The number of nitrogens with one attached hydrogen (secondary N) is 2. The van der Waals surface area contributed by atoms with Crippen LogP contribution in [0.5, 0.6) is 5.75 Å². The van der Waals surface area contributed by atoms with Crippen LogP contribution in [0.25, 0.3) is 0 Å². The molecule has 0 aliphatic rings. The van der Waals surface area contributed by atoms with Gasteiger partial charge in [0.1, 0.15) is 17.4 Å². The lowest BCUT2D eigenvalue weighted by Gasteiger charge is -2.22. The summed E-state index contributed by atoms with van der Waals surface area (Å²) in [6.07, 6.45) is -0.451. The predicted molar refractivity (Wildman–Crippen MR) is 137 cm³/mol. The quantitative estimate of drug-likeness (QED) is 0.277. The van der Waals surface area contributed by atoms with Crippen LogP contribution in [0.4, 0.5) is 16.2 Å². The van der Waals surface area contributed by atoms with Crippen molar-refractivity contribution in [3.05, 3.63) is 125 Å². The molecule has 35 heavy (non-hydrogen) atoms. The number of ether oxygens (including phenoxy) is 2. The molecule has 0 unspecified atom stereocenters. The van der Waals surface area contributed by atoms with Gasteiger partial charge in [-0.25, -0.2) is 9.59 Å². The van der Waals surface area contributed by atoms with Crippen LogP contribution in [0, 0.1) is 0 Å². The van der Waals surface area contributed by atoms with Crippen molar-refractivity contribution in [3.8, 4) is 5.75 Å². The number of benzene rings is 4. The fraction of sp³-hybridized carbons (Fsp3) is 0.0714. The molecule has 0 radical (unpaired) electrons. The average Bonchev–Trinajstić information content (AvgIpc) is 2.89. The Morgan fingerprint density at radius 1 is 0.743 bits per heavy atom. The summed E-state index contributed by atoms with van der Waals surface area (Å²) < 4.78 is 11.3. The molecule has 2 amide bonds. The number of urea groups is 1. The molecule has 0 saturated heterocycles. The van der Waals surface area contributed by atoms with Gasteiger partial charge in [0.25, 0.3) is 0 Å². The van der Waals surface area contributed by atoms with E-state index >= 15 is 0 Å². The fourth-order valence-electron chi connectivity index (χ4n) is 3.52. The average molecular weight is 487 g/mol. The zero-order valence-corrected chi connectivity index (χ0v) is 19.7. The molecule has 0 heterocycles. The van der Waals surface area contributed by atoms with Crippen LogP contribution in [0.3, 0.4) is 0 Å². The smallest absolute Gasteiger partial charge is 0.341 e. The summed E-state index contributed by atoms with van der Waals surface area (Å²) in [7, 11) is 1.30. The second-order valence-corrected chi connectivity index (χ2v) is 8.04. The first-order valence-electron chi connectivity index (χ1n) is 10.9. The van der Waals surface area contributed by atoms with Gasteiger partial charge < -0.3 is 20.1 Å². The highest BCUT2D eigenvalue weighted by molar-refractivity contribution is 6.30. The summed E-state index contributed by atoms with van der Waals surface area (Å²) in [5.41, 5.74) is 3.03. The number of carbonyl (C=O) groups excluding carboxylic acids is 2. The Kier molecular flexibility index (Phi) is 7.65. The molecule has 4 aromatic rings. The monoisotopic (exact) mass is 486 g/mol. The first-order chi connectivity index (χ1) is 17.0. The molecule has 0 atom stereocenters. The molecule has 2 N–H and O–H groups in total. The van der Waals surface area contributed by atoms with Crippen LogP contribution in [-0.4, -0.2) is 19.1 Å². The minimum atomic E-state index is -0.582. The Bertz CT molecular complexity index is 1260. The van der Waals surface area contributed by atoms with E-state index in [9.17, 15) is 9.59 Å². The van der Waals surface area contributed by atoms with Gasteiger partial charge in [-0.3, -0.25) is 0 Å². The number of esters is 1. The second-order valence-electron chi connectivity index (χ2n) is 7.61. The normalized spacial score (nSPS) is 10.5. The molecular weight excluding hydrogens is 464 g/mol. The van der Waals surface area contributed by atoms with Crippen molar-refractivity contribution in [1.82, 2.24) is 0 Å². The Labute approximate surface area is 208 Å². The van der Waals surface area contributed by atoms with E-state index in [-0.39, 0.29) is 5.56 Å². The molecule has 4 aromatic carbocycles. The number of hydrogen-bond acceptors (Lipinski definition) is 4. The van der Waals surface area contributed by atoms with Gasteiger partial charge in [-0.05, 0) is 53.6 Å². The lowest BCUT2D eigenvalue weighted by molar-refractivity contribution is 0.0594. The first kappa shape index (κ1) is 23.9. The molecule has 0 bridgehead atoms. The van der Waals surface area contributed by atoms with E-state index in [2.05, 4.69) is 10.6 Å². The van der Waals surface area contributed by atoms with E-state index in [1.165, 1.54) is 13.2 Å². The van der Waals surface area contributed by atoms with Gasteiger partial charge in [0, 0.05) is 16.4 Å². The maximum Gasteiger partial charge on any atom is 0.341 e. The Balaban J connectivity index is 1.60.